The van der Waals surface area contributed by atoms with Crippen molar-refractivity contribution in [3.05, 3.63) is 18.0 Å². The molecule has 0 bridgehead atoms. The van der Waals surface area contributed by atoms with Gasteiger partial charge in [-0.15, -0.1) is 0 Å². The number of carbonyl (C=O) groups excluding carboxylic acids is 2. The van der Waals surface area contributed by atoms with Crippen LogP contribution < -0.4 is 5.32 Å². The van der Waals surface area contributed by atoms with Gasteiger partial charge >= 0.3 is 0 Å². The summed E-state index contributed by atoms with van der Waals surface area (Å²) in [5.41, 5.74) is 0.876. The maximum atomic E-state index is 12.6. The van der Waals surface area contributed by atoms with Gasteiger partial charge in [-0.2, -0.15) is 5.10 Å². The van der Waals surface area contributed by atoms with Gasteiger partial charge in [0.1, 0.15) is 6.04 Å². The Hall–Kier alpha value is -1.85. The SMILES string of the molecule is CC(C)n1ccc(CN2CCC(=O)NC(C3CC3)C2=O)n1. The van der Waals surface area contributed by atoms with Gasteiger partial charge in [0.15, 0.2) is 0 Å². The summed E-state index contributed by atoms with van der Waals surface area (Å²) in [6.07, 6.45) is 4.38. The van der Waals surface area contributed by atoms with Crippen LogP contribution in [0.3, 0.4) is 0 Å². The number of hydrogen-bond donors (Lipinski definition) is 1. The van der Waals surface area contributed by atoms with E-state index < -0.39 is 0 Å². The molecule has 6 nitrogen and oxygen atoms in total. The van der Waals surface area contributed by atoms with Gasteiger partial charge in [0, 0.05) is 25.2 Å². The maximum Gasteiger partial charge on any atom is 0.245 e. The van der Waals surface area contributed by atoms with Crippen molar-refractivity contribution < 1.29 is 9.59 Å². The molecule has 0 radical (unpaired) electrons. The van der Waals surface area contributed by atoms with Crippen molar-refractivity contribution in [2.24, 2.45) is 5.92 Å². The lowest BCUT2D eigenvalue weighted by atomic mass is 10.1. The second-order valence-corrected chi connectivity index (χ2v) is 6.27. The number of hydrogen-bond acceptors (Lipinski definition) is 3. The molecule has 114 valence electrons. The Kier molecular flexibility index (Phi) is 3.69. The second kappa shape index (κ2) is 5.50. The predicted molar refractivity (Wildman–Crippen MR) is 77.3 cm³/mol. The molecule has 1 unspecified atom stereocenters. The van der Waals surface area contributed by atoms with Crippen LogP contribution in [0.5, 0.6) is 0 Å². The first-order valence-electron chi connectivity index (χ1n) is 7.67. The highest BCUT2D eigenvalue weighted by atomic mass is 16.2. The van der Waals surface area contributed by atoms with Crippen LogP contribution in [0.2, 0.25) is 0 Å². The molecule has 3 rings (SSSR count). The summed E-state index contributed by atoms with van der Waals surface area (Å²) >= 11 is 0. The molecular formula is C15H22N4O2. The van der Waals surface area contributed by atoms with Crippen LogP contribution in [0, 0.1) is 5.92 Å². The third-order valence-corrected chi connectivity index (χ3v) is 4.14. The first kappa shape index (κ1) is 14.1. The largest absolute Gasteiger partial charge is 0.344 e. The van der Waals surface area contributed by atoms with E-state index in [1.807, 2.05) is 16.9 Å². The summed E-state index contributed by atoms with van der Waals surface area (Å²) in [7, 11) is 0. The topological polar surface area (TPSA) is 67.2 Å². The molecule has 1 aliphatic heterocycles. The Balaban J connectivity index is 1.72. The number of nitrogens with zero attached hydrogens (tertiary/aromatic N) is 3. The van der Waals surface area contributed by atoms with Gasteiger partial charge in [-0.1, -0.05) is 0 Å². The minimum Gasteiger partial charge on any atom is -0.344 e. The highest BCUT2D eigenvalue weighted by Crippen LogP contribution is 2.34. The van der Waals surface area contributed by atoms with E-state index in [0.29, 0.717) is 31.5 Å². The fourth-order valence-electron chi connectivity index (χ4n) is 2.70. The summed E-state index contributed by atoms with van der Waals surface area (Å²) in [5.74, 6) is 0.355. The minimum atomic E-state index is -0.327. The fourth-order valence-corrected chi connectivity index (χ4v) is 2.70. The molecule has 1 saturated heterocycles. The van der Waals surface area contributed by atoms with E-state index in [9.17, 15) is 9.59 Å². The number of amides is 2. The molecule has 1 atom stereocenters. The average molecular weight is 290 g/mol. The fraction of sp³-hybridized carbons (Fsp3) is 0.667. The van der Waals surface area contributed by atoms with Crippen LogP contribution in [-0.4, -0.2) is 39.1 Å². The predicted octanol–water partition coefficient (Wildman–Crippen LogP) is 1.09. The summed E-state index contributed by atoms with van der Waals surface area (Å²) in [4.78, 5) is 26.1. The van der Waals surface area contributed by atoms with Crippen molar-refractivity contribution in [1.29, 1.82) is 0 Å². The molecule has 0 aromatic carbocycles. The third kappa shape index (κ3) is 3.09. The molecule has 2 fully saturated rings. The normalized spacial score (nSPS) is 23.4. The summed E-state index contributed by atoms with van der Waals surface area (Å²) in [6, 6.07) is 1.92. The van der Waals surface area contributed by atoms with Crippen LogP contribution in [-0.2, 0) is 16.1 Å². The lowest BCUT2D eigenvalue weighted by Crippen LogP contribution is -2.45. The van der Waals surface area contributed by atoms with E-state index in [0.717, 1.165) is 18.5 Å². The molecule has 2 heterocycles. The van der Waals surface area contributed by atoms with Crippen molar-refractivity contribution in [2.45, 2.75) is 51.7 Å². The number of carbonyl (C=O) groups is 2. The van der Waals surface area contributed by atoms with Crippen LogP contribution in [0.1, 0.15) is 44.8 Å². The molecule has 21 heavy (non-hydrogen) atoms. The van der Waals surface area contributed by atoms with E-state index >= 15 is 0 Å². The average Bonchev–Trinajstić information content (AvgIpc) is 3.19. The summed E-state index contributed by atoms with van der Waals surface area (Å²) < 4.78 is 1.89. The quantitative estimate of drug-likeness (QED) is 0.902. The van der Waals surface area contributed by atoms with Gasteiger partial charge in [-0.05, 0) is 38.7 Å². The molecule has 0 spiro atoms. The molecule has 2 aliphatic rings. The Morgan fingerprint density at radius 2 is 2.14 bits per heavy atom. The van der Waals surface area contributed by atoms with Gasteiger partial charge in [0.2, 0.25) is 11.8 Å². The molecule has 1 aliphatic carbocycles. The molecular weight excluding hydrogens is 268 g/mol. The van der Waals surface area contributed by atoms with E-state index in [2.05, 4.69) is 24.3 Å². The Bertz CT molecular complexity index is 548. The van der Waals surface area contributed by atoms with Crippen molar-refractivity contribution in [2.75, 3.05) is 6.54 Å². The van der Waals surface area contributed by atoms with Crippen LogP contribution >= 0.6 is 0 Å². The van der Waals surface area contributed by atoms with Crippen molar-refractivity contribution >= 4 is 11.8 Å². The number of rotatable bonds is 4. The lowest BCUT2D eigenvalue weighted by molar-refractivity contribution is -0.134. The Morgan fingerprint density at radius 1 is 1.38 bits per heavy atom. The summed E-state index contributed by atoms with van der Waals surface area (Å²) in [6.45, 7) is 5.10. The minimum absolute atomic E-state index is 0.0181. The molecule has 1 aromatic heterocycles. The van der Waals surface area contributed by atoms with Crippen LogP contribution in [0.15, 0.2) is 12.3 Å². The molecule has 1 N–H and O–H groups in total. The number of aromatic nitrogens is 2. The van der Waals surface area contributed by atoms with Gasteiger partial charge in [-0.3, -0.25) is 14.3 Å². The van der Waals surface area contributed by atoms with Crippen molar-refractivity contribution in [3.8, 4) is 0 Å². The molecule has 1 aromatic rings. The summed E-state index contributed by atoms with van der Waals surface area (Å²) in [5, 5.41) is 7.36. The standard InChI is InChI=1S/C15H22N4O2/c1-10(2)19-8-5-12(17-19)9-18-7-6-13(20)16-14(15(18)21)11-3-4-11/h5,8,10-11,14H,3-4,6-7,9H2,1-2H3,(H,16,20). The zero-order chi connectivity index (χ0) is 15.0. The van der Waals surface area contributed by atoms with E-state index in [1.54, 1.807) is 4.90 Å². The molecule has 1 saturated carbocycles. The molecule has 6 heteroatoms. The lowest BCUT2D eigenvalue weighted by Gasteiger charge is -2.23. The van der Waals surface area contributed by atoms with Crippen molar-refractivity contribution in [3.63, 3.8) is 0 Å². The first-order chi connectivity index (χ1) is 10.0. The number of nitrogens with one attached hydrogen (secondary N) is 1. The van der Waals surface area contributed by atoms with Crippen LogP contribution in [0.4, 0.5) is 0 Å². The van der Waals surface area contributed by atoms with Gasteiger partial charge in [0.25, 0.3) is 0 Å². The third-order valence-electron chi connectivity index (χ3n) is 4.14. The zero-order valence-electron chi connectivity index (χ0n) is 12.6. The van der Waals surface area contributed by atoms with Crippen molar-refractivity contribution in [1.82, 2.24) is 20.0 Å². The smallest absolute Gasteiger partial charge is 0.245 e. The highest BCUT2D eigenvalue weighted by molar-refractivity contribution is 5.90. The Morgan fingerprint density at radius 3 is 2.76 bits per heavy atom. The van der Waals surface area contributed by atoms with E-state index in [4.69, 9.17) is 0 Å². The highest BCUT2D eigenvalue weighted by Gasteiger charge is 2.40. The zero-order valence-corrected chi connectivity index (χ0v) is 12.6. The van der Waals surface area contributed by atoms with Crippen LogP contribution in [0.25, 0.3) is 0 Å². The monoisotopic (exact) mass is 290 g/mol. The van der Waals surface area contributed by atoms with Gasteiger partial charge < -0.3 is 10.2 Å². The molecule has 2 amide bonds. The van der Waals surface area contributed by atoms with Gasteiger partial charge in [-0.25, -0.2) is 0 Å². The maximum absolute atomic E-state index is 12.6. The van der Waals surface area contributed by atoms with E-state index in [-0.39, 0.29) is 17.9 Å². The first-order valence-corrected chi connectivity index (χ1v) is 7.67. The van der Waals surface area contributed by atoms with Gasteiger partial charge in [0.05, 0.1) is 12.2 Å². The Labute approximate surface area is 124 Å². The van der Waals surface area contributed by atoms with E-state index in [1.165, 1.54) is 0 Å². The second-order valence-electron chi connectivity index (χ2n) is 6.27.